The van der Waals surface area contributed by atoms with Gasteiger partial charge in [0.05, 0.1) is 18.3 Å². The van der Waals surface area contributed by atoms with E-state index in [4.69, 9.17) is 16.3 Å². The number of fused-ring (bicyclic) bond motifs is 10. The molecule has 2 amide bonds. The highest BCUT2D eigenvalue weighted by molar-refractivity contribution is 6.31. The van der Waals surface area contributed by atoms with E-state index in [-0.39, 0.29) is 0 Å². The predicted octanol–water partition coefficient (Wildman–Crippen LogP) is 3.19. The molecule has 2 aromatic carbocycles. The molecule has 1 saturated heterocycles. The van der Waals surface area contributed by atoms with E-state index in [0.29, 0.717) is 44.1 Å². The molecule has 0 aliphatic carbocycles. The summed E-state index contributed by atoms with van der Waals surface area (Å²) in [7, 11) is 2.96. The maximum absolute atomic E-state index is 13.2. The number of hydrogen-bond donors (Lipinski definition) is 2. The second-order valence-electron chi connectivity index (χ2n) is 7.71. The van der Waals surface area contributed by atoms with Crippen LogP contribution < -0.4 is 4.74 Å². The van der Waals surface area contributed by atoms with Gasteiger partial charge >= 0.3 is 0 Å². The number of rotatable bonds is 1. The van der Waals surface area contributed by atoms with Crippen molar-refractivity contribution in [1.29, 1.82) is 0 Å². The number of halogens is 1. The summed E-state index contributed by atoms with van der Waals surface area (Å²) in [5, 5.41) is 13.8. The second kappa shape index (κ2) is 5.44. The minimum absolute atomic E-state index is 0.348. The number of ether oxygens (including phenoxy) is 1. The maximum Gasteiger partial charge on any atom is 0.268 e. The molecule has 150 valence electrons. The molecule has 4 aromatic rings. The third-order valence-corrected chi connectivity index (χ3v) is 6.53. The van der Waals surface area contributed by atoms with Crippen LogP contribution in [0.1, 0.15) is 11.6 Å². The molecule has 0 bridgehead atoms. The van der Waals surface area contributed by atoms with Gasteiger partial charge in [-0.1, -0.05) is 23.7 Å². The first-order valence-corrected chi connectivity index (χ1v) is 9.80. The molecular weight excluding hydrogens is 406 g/mol. The van der Waals surface area contributed by atoms with E-state index < -0.39 is 23.5 Å². The number of aliphatic hydroxyl groups is 1. The number of nitrogens with zero attached hydrogens (tertiary/aromatic N) is 2. The normalized spacial score (nSPS) is 22.5. The molecule has 0 radical (unpaired) electrons. The fourth-order valence-electron chi connectivity index (χ4n) is 5.06. The summed E-state index contributed by atoms with van der Waals surface area (Å²) in [6.45, 7) is 0. The smallest absolute Gasteiger partial charge is 0.268 e. The number of likely N-dealkylation sites (N-methyl/N-ethyl adjacent to an activating group) is 1. The van der Waals surface area contributed by atoms with Crippen molar-refractivity contribution in [2.75, 3.05) is 14.2 Å². The summed E-state index contributed by atoms with van der Waals surface area (Å²) in [6, 6.07) is 11.5. The number of methoxy groups -OCH3 is 1. The lowest BCUT2D eigenvalue weighted by Gasteiger charge is -2.33. The van der Waals surface area contributed by atoms with Gasteiger partial charge in [0.1, 0.15) is 5.69 Å². The van der Waals surface area contributed by atoms with Crippen molar-refractivity contribution in [2.24, 2.45) is 0 Å². The van der Waals surface area contributed by atoms with E-state index in [9.17, 15) is 14.7 Å². The number of likely N-dealkylation sites (tertiary alicyclic amines) is 1. The number of H-pyrrole nitrogens is 1. The number of aromatic amines is 1. The third kappa shape index (κ3) is 1.77. The fourth-order valence-corrected chi connectivity index (χ4v) is 5.23. The second-order valence-corrected chi connectivity index (χ2v) is 8.14. The number of imide groups is 1. The van der Waals surface area contributed by atoms with Gasteiger partial charge in [0.15, 0.2) is 11.8 Å². The van der Waals surface area contributed by atoms with Crippen molar-refractivity contribution in [3.05, 3.63) is 53.1 Å². The molecule has 8 heteroatoms. The Morgan fingerprint density at radius 3 is 2.70 bits per heavy atom. The van der Waals surface area contributed by atoms with Gasteiger partial charge in [-0.05, 0) is 30.3 Å². The molecule has 2 aliphatic heterocycles. The lowest BCUT2D eigenvalue weighted by molar-refractivity contribution is -0.145. The number of carbonyl (C=O) groups excluding carboxylic acids is 2. The van der Waals surface area contributed by atoms with Crippen LogP contribution in [-0.4, -0.2) is 45.5 Å². The van der Waals surface area contributed by atoms with Crippen molar-refractivity contribution < 1.29 is 19.4 Å². The summed E-state index contributed by atoms with van der Waals surface area (Å²) >= 11 is 6.24. The van der Waals surface area contributed by atoms with E-state index in [1.807, 2.05) is 24.3 Å². The molecule has 2 aliphatic rings. The van der Waals surface area contributed by atoms with Crippen molar-refractivity contribution in [1.82, 2.24) is 14.5 Å². The molecule has 4 heterocycles. The molecule has 6 rings (SSSR count). The Morgan fingerprint density at radius 2 is 1.93 bits per heavy atom. The fraction of sp³-hybridized carbons (Fsp3) is 0.182. The predicted molar refractivity (Wildman–Crippen MR) is 112 cm³/mol. The van der Waals surface area contributed by atoms with Gasteiger partial charge in [-0.3, -0.25) is 14.5 Å². The summed E-state index contributed by atoms with van der Waals surface area (Å²) in [5.74, 6) is -0.572. The highest BCUT2D eigenvalue weighted by atomic mass is 35.5. The molecule has 2 N–H and O–H groups in total. The Bertz CT molecular complexity index is 1440. The number of nitrogens with one attached hydrogen (secondary N) is 1. The minimum Gasteiger partial charge on any atom is -0.494 e. The monoisotopic (exact) mass is 421 g/mol. The molecule has 2 atom stereocenters. The summed E-state index contributed by atoms with van der Waals surface area (Å²) in [4.78, 5) is 30.8. The molecule has 7 nitrogen and oxygen atoms in total. The highest BCUT2D eigenvalue weighted by Gasteiger charge is 2.64. The first-order valence-electron chi connectivity index (χ1n) is 9.43. The van der Waals surface area contributed by atoms with Gasteiger partial charge in [-0.25, -0.2) is 0 Å². The van der Waals surface area contributed by atoms with Gasteiger partial charge < -0.3 is 19.4 Å². The molecule has 0 spiro atoms. The topological polar surface area (TPSA) is 87.6 Å². The highest BCUT2D eigenvalue weighted by Crippen LogP contribution is 2.57. The van der Waals surface area contributed by atoms with Crippen molar-refractivity contribution in [3.8, 4) is 17.1 Å². The van der Waals surface area contributed by atoms with E-state index in [1.54, 1.807) is 29.9 Å². The Kier molecular flexibility index (Phi) is 3.18. The SMILES string of the molecule is COc1c2n(c3ccccc13)C1C(=O)N(C)C(=O)[C@]1(O)c1c-2[nH]c2ccc(Cl)cc12. The zero-order valence-corrected chi connectivity index (χ0v) is 16.8. The van der Waals surface area contributed by atoms with Crippen molar-refractivity contribution >= 4 is 45.2 Å². The first-order chi connectivity index (χ1) is 14.4. The van der Waals surface area contributed by atoms with Gasteiger partial charge in [-0.2, -0.15) is 0 Å². The lowest BCUT2D eigenvalue weighted by Crippen LogP contribution is -2.43. The van der Waals surface area contributed by atoms with Crippen LogP contribution in [0.2, 0.25) is 5.02 Å². The average Bonchev–Trinajstić information content (AvgIpc) is 3.33. The number of aromatic nitrogens is 2. The zero-order chi connectivity index (χ0) is 20.9. The molecular formula is C22H16ClN3O4. The lowest BCUT2D eigenvalue weighted by atomic mass is 9.82. The summed E-state index contributed by atoms with van der Waals surface area (Å²) in [5.41, 5.74) is 0.840. The van der Waals surface area contributed by atoms with Crippen LogP contribution >= 0.6 is 11.6 Å². The van der Waals surface area contributed by atoms with Crippen molar-refractivity contribution in [3.63, 3.8) is 0 Å². The van der Waals surface area contributed by atoms with Gasteiger partial charge in [0, 0.05) is 33.9 Å². The molecule has 2 aromatic heterocycles. The standard InChI is InChI=1S/C22H16ClN3O4/c1-25-20(27)19-22(29,21(25)28)15-12-9-10(23)7-8-13(12)24-16(15)17-18(30-2)11-5-3-4-6-14(11)26(17)19/h3-9,19,24,29H,1-2H3/t19?,22-/m0/s1. The minimum atomic E-state index is -2.07. The van der Waals surface area contributed by atoms with E-state index >= 15 is 0 Å². The number of para-hydroxylation sites is 1. The number of benzene rings is 2. The Labute approximate surface area is 175 Å². The van der Waals surface area contributed by atoms with Crippen LogP contribution in [0.4, 0.5) is 0 Å². The van der Waals surface area contributed by atoms with Crippen LogP contribution in [0.15, 0.2) is 42.5 Å². The van der Waals surface area contributed by atoms with Crippen LogP contribution in [0.5, 0.6) is 5.75 Å². The Hall–Kier alpha value is -3.29. The van der Waals surface area contributed by atoms with Gasteiger partial charge in [-0.15, -0.1) is 0 Å². The summed E-state index contributed by atoms with van der Waals surface area (Å²) < 4.78 is 7.47. The van der Waals surface area contributed by atoms with E-state index in [0.717, 1.165) is 10.3 Å². The number of carbonyl (C=O) groups is 2. The Morgan fingerprint density at radius 1 is 1.17 bits per heavy atom. The number of hydrogen-bond acceptors (Lipinski definition) is 4. The molecule has 0 saturated carbocycles. The average molecular weight is 422 g/mol. The van der Waals surface area contributed by atoms with Crippen LogP contribution in [-0.2, 0) is 15.2 Å². The third-order valence-electron chi connectivity index (χ3n) is 6.30. The quantitative estimate of drug-likeness (QED) is 0.462. The van der Waals surface area contributed by atoms with E-state index in [1.165, 1.54) is 7.05 Å². The molecule has 1 unspecified atom stereocenters. The maximum atomic E-state index is 13.2. The zero-order valence-electron chi connectivity index (χ0n) is 16.1. The summed E-state index contributed by atoms with van der Waals surface area (Å²) in [6.07, 6.45) is 0. The van der Waals surface area contributed by atoms with E-state index in [2.05, 4.69) is 4.98 Å². The van der Waals surface area contributed by atoms with Gasteiger partial charge in [0.25, 0.3) is 11.8 Å². The largest absolute Gasteiger partial charge is 0.494 e. The van der Waals surface area contributed by atoms with Crippen molar-refractivity contribution in [2.45, 2.75) is 11.6 Å². The first kappa shape index (κ1) is 17.6. The molecule has 1 fully saturated rings. The molecule has 30 heavy (non-hydrogen) atoms. The Balaban J connectivity index is 1.88. The number of amides is 2. The van der Waals surface area contributed by atoms with Gasteiger partial charge in [0.2, 0.25) is 5.60 Å². The van der Waals surface area contributed by atoms with Crippen LogP contribution in [0, 0.1) is 0 Å². The van der Waals surface area contributed by atoms with Crippen LogP contribution in [0.3, 0.4) is 0 Å². The van der Waals surface area contributed by atoms with Crippen LogP contribution in [0.25, 0.3) is 33.2 Å².